The number of urea groups is 1. The fourth-order valence-corrected chi connectivity index (χ4v) is 3.23. The summed E-state index contributed by atoms with van der Waals surface area (Å²) in [7, 11) is 0. The van der Waals surface area contributed by atoms with Crippen LogP contribution in [0.15, 0.2) is 47.0 Å². The Bertz CT molecular complexity index is 1000. The molecule has 1 fully saturated rings. The fraction of sp³-hybridized carbons (Fsp3) is 0.250. The Balaban J connectivity index is 1.51. The van der Waals surface area contributed by atoms with E-state index >= 15 is 0 Å². The van der Waals surface area contributed by atoms with Gasteiger partial charge in [-0.2, -0.15) is 4.98 Å². The van der Waals surface area contributed by atoms with Crippen LogP contribution in [0.25, 0.3) is 11.4 Å². The van der Waals surface area contributed by atoms with Gasteiger partial charge in [0.2, 0.25) is 11.7 Å². The third-order valence-electron chi connectivity index (χ3n) is 4.72. The molecule has 2 amide bonds. The van der Waals surface area contributed by atoms with E-state index in [1.165, 1.54) is 6.07 Å². The second kappa shape index (κ2) is 7.38. The van der Waals surface area contributed by atoms with E-state index in [0.29, 0.717) is 24.7 Å². The Labute approximate surface area is 160 Å². The number of hydrogen-bond acceptors (Lipinski definition) is 4. The fourth-order valence-electron chi connectivity index (χ4n) is 3.23. The maximum atomic E-state index is 13.4. The van der Waals surface area contributed by atoms with Crippen LogP contribution in [0, 0.1) is 18.6 Å². The largest absolute Gasteiger partial charge is 0.337 e. The van der Waals surface area contributed by atoms with Gasteiger partial charge in [-0.05, 0) is 31.9 Å². The molecule has 1 aromatic heterocycles. The molecule has 0 spiro atoms. The van der Waals surface area contributed by atoms with Crippen LogP contribution in [0.4, 0.5) is 19.3 Å². The van der Waals surface area contributed by atoms with Crippen molar-refractivity contribution in [1.29, 1.82) is 0 Å². The van der Waals surface area contributed by atoms with Gasteiger partial charge in [-0.15, -0.1) is 0 Å². The van der Waals surface area contributed by atoms with Crippen molar-refractivity contribution in [1.82, 2.24) is 15.0 Å². The standard InChI is InChI=1S/C20H18F2N4O2/c1-12-4-6-13(7-5-12)18-24-19(28-25-18)17-3-2-10-26(17)20(27)23-14-8-9-15(21)16(22)11-14/h4-9,11,17H,2-3,10H2,1H3,(H,23,27). The van der Waals surface area contributed by atoms with Crippen LogP contribution in [-0.2, 0) is 0 Å². The number of benzene rings is 2. The van der Waals surface area contributed by atoms with E-state index in [4.69, 9.17) is 4.52 Å². The molecule has 1 saturated heterocycles. The van der Waals surface area contributed by atoms with Crippen LogP contribution in [-0.4, -0.2) is 27.6 Å². The molecule has 0 aliphatic carbocycles. The number of carbonyl (C=O) groups is 1. The van der Waals surface area contributed by atoms with Crippen molar-refractivity contribution in [2.24, 2.45) is 0 Å². The molecule has 0 saturated carbocycles. The van der Waals surface area contributed by atoms with Crippen molar-refractivity contribution in [3.63, 3.8) is 0 Å². The van der Waals surface area contributed by atoms with Crippen LogP contribution in [0.5, 0.6) is 0 Å². The molecule has 1 N–H and O–H groups in total. The monoisotopic (exact) mass is 384 g/mol. The maximum absolute atomic E-state index is 13.4. The topological polar surface area (TPSA) is 71.3 Å². The number of likely N-dealkylation sites (tertiary alicyclic amines) is 1. The van der Waals surface area contributed by atoms with E-state index in [2.05, 4.69) is 15.5 Å². The summed E-state index contributed by atoms with van der Waals surface area (Å²) in [6.45, 7) is 2.50. The maximum Gasteiger partial charge on any atom is 0.322 e. The summed E-state index contributed by atoms with van der Waals surface area (Å²) in [4.78, 5) is 18.6. The molecule has 0 bridgehead atoms. The molecule has 144 valence electrons. The minimum absolute atomic E-state index is 0.181. The molecule has 1 unspecified atom stereocenters. The normalized spacial score (nSPS) is 16.4. The number of amides is 2. The summed E-state index contributed by atoms with van der Waals surface area (Å²) >= 11 is 0. The minimum atomic E-state index is -1.02. The molecule has 8 heteroatoms. The van der Waals surface area contributed by atoms with Gasteiger partial charge >= 0.3 is 6.03 Å². The summed E-state index contributed by atoms with van der Waals surface area (Å²) in [5, 5.41) is 6.61. The van der Waals surface area contributed by atoms with Crippen molar-refractivity contribution in [2.45, 2.75) is 25.8 Å². The Hall–Kier alpha value is -3.29. The van der Waals surface area contributed by atoms with Gasteiger partial charge in [-0.3, -0.25) is 0 Å². The quantitative estimate of drug-likeness (QED) is 0.711. The first-order chi connectivity index (χ1) is 13.5. The lowest BCUT2D eigenvalue weighted by atomic mass is 10.1. The van der Waals surface area contributed by atoms with Crippen LogP contribution in [0.3, 0.4) is 0 Å². The van der Waals surface area contributed by atoms with E-state index in [1.807, 2.05) is 31.2 Å². The number of nitrogens with zero attached hydrogens (tertiary/aromatic N) is 3. The van der Waals surface area contributed by atoms with Gasteiger partial charge < -0.3 is 14.7 Å². The van der Waals surface area contributed by atoms with Crippen molar-refractivity contribution >= 4 is 11.7 Å². The minimum Gasteiger partial charge on any atom is -0.337 e. The van der Waals surface area contributed by atoms with E-state index in [1.54, 1.807) is 4.90 Å². The zero-order valence-electron chi connectivity index (χ0n) is 15.2. The second-order valence-electron chi connectivity index (χ2n) is 6.73. The number of aromatic nitrogens is 2. The number of aryl methyl sites for hydroxylation is 1. The van der Waals surface area contributed by atoms with Gasteiger partial charge in [0.25, 0.3) is 0 Å². The Morgan fingerprint density at radius 1 is 1.18 bits per heavy atom. The SMILES string of the molecule is Cc1ccc(-c2noc(C3CCCN3C(=O)Nc3ccc(F)c(F)c3)n2)cc1. The van der Waals surface area contributed by atoms with Gasteiger partial charge in [-0.1, -0.05) is 35.0 Å². The lowest BCUT2D eigenvalue weighted by Crippen LogP contribution is -2.34. The number of hydrogen-bond donors (Lipinski definition) is 1. The lowest BCUT2D eigenvalue weighted by molar-refractivity contribution is 0.193. The number of carbonyl (C=O) groups excluding carboxylic acids is 1. The van der Waals surface area contributed by atoms with Crippen LogP contribution in [0.2, 0.25) is 0 Å². The number of anilines is 1. The smallest absolute Gasteiger partial charge is 0.322 e. The number of halogens is 2. The Morgan fingerprint density at radius 2 is 1.96 bits per heavy atom. The van der Waals surface area contributed by atoms with E-state index < -0.39 is 17.7 Å². The highest BCUT2D eigenvalue weighted by atomic mass is 19.2. The van der Waals surface area contributed by atoms with E-state index in [-0.39, 0.29) is 11.7 Å². The number of rotatable bonds is 3. The molecule has 3 aromatic rings. The second-order valence-corrected chi connectivity index (χ2v) is 6.73. The van der Waals surface area contributed by atoms with Gasteiger partial charge in [0, 0.05) is 23.9 Å². The molecule has 6 nitrogen and oxygen atoms in total. The van der Waals surface area contributed by atoms with Crippen molar-refractivity contribution < 1.29 is 18.1 Å². The summed E-state index contributed by atoms with van der Waals surface area (Å²) in [6, 6.07) is 10.2. The van der Waals surface area contributed by atoms with Crippen molar-refractivity contribution in [2.75, 3.05) is 11.9 Å². The van der Waals surface area contributed by atoms with Crippen LogP contribution < -0.4 is 5.32 Å². The predicted molar refractivity (Wildman–Crippen MR) is 98.5 cm³/mol. The molecule has 0 radical (unpaired) electrons. The average molecular weight is 384 g/mol. The van der Waals surface area contributed by atoms with Gasteiger partial charge in [0.05, 0.1) is 0 Å². The first kappa shape index (κ1) is 18.1. The first-order valence-corrected chi connectivity index (χ1v) is 8.94. The predicted octanol–water partition coefficient (Wildman–Crippen LogP) is 4.69. The van der Waals surface area contributed by atoms with Crippen molar-refractivity contribution in [3.8, 4) is 11.4 Å². The summed E-state index contributed by atoms with van der Waals surface area (Å²) < 4.78 is 31.8. The zero-order chi connectivity index (χ0) is 19.7. The highest BCUT2D eigenvalue weighted by molar-refractivity contribution is 5.89. The third kappa shape index (κ3) is 3.58. The first-order valence-electron chi connectivity index (χ1n) is 8.94. The molecule has 28 heavy (non-hydrogen) atoms. The van der Waals surface area contributed by atoms with Crippen LogP contribution in [0.1, 0.15) is 30.3 Å². The molecule has 2 heterocycles. The zero-order valence-corrected chi connectivity index (χ0v) is 15.2. The lowest BCUT2D eigenvalue weighted by Gasteiger charge is -2.22. The molecular formula is C20H18F2N4O2. The summed E-state index contributed by atoms with van der Waals surface area (Å²) in [6.07, 6.45) is 1.46. The highest BCUT2D eigenvalue weighted by Crippen LogP contribution is 2.32. The molecular weight excluding hydrogens is 366 g/mol. The number of nitrogens with one attached hydrogen (secondary N) is 1. The molecule has 1 aliphatic heterocycles. The van der Waals surface area contributed by atoms with Gasteiger partial charge in [-0.25, -0.2) is 13.6 Å². The third-order valence-corrected chi connectivity index (χ3v) is 4.72. The van der Waals surface area contributed by atoms with Gasteiger partial charge in [0.15, 0.2) is 11.6 Å². The van der Waals surface area contributed by atoms with Crippen LogP contribution >= 0.6 is 0 Å². The molecule has 4 rings (SSSR count). The average Bonchev–Trinajstić information content (AvgIpc) is 3.34. The molecule has 2 aromatic carbocycles. The highest BCUT2D eigenvalue weighted by Gasteiger charge is 2.34. The molecule has 1 aliphatic rings. The van der Waals surface area contributed by atoms with E-state index in [9.17, 15) is 13.6 Å². The summed E-state index contributed by atoms with van der Waals surface area (Å²) in [5.41, 5.74) is 2.14. The summed E-state index contributed by atoms with van der Waals surface area (Å²) in [5.74, 6) is -1.17. The Morgan fingerprint density at radius 3 is 2.71 bits per heavy atom. The Kier molecular flexibility index (Phi) is 4.77. The van der Waals surface area contributed by atoms with Gasteiger partial charge in [0.1, 0.15) is 6.04 Å². The molecule has 1 atom stereocenters. The van der Waals surface area contributed by atoms with Crippen molar-refractivity contribution in [3.05, 3.63) is 65.6 Å². The van der Waals surface area contributed by atoms with E-state index in [0.717, 1.165) is 29.7 Å².